The van der Waals surface area contributed by atoms with Crippen molar-refractivity contribution in [3.8, 4) is 5.75 Å². The van der Waals surface area contributed by atoms with Gasteiger partial charge < -0.3 is 30.7 Å². The minimum atomic E-state index is -0.160. The summed E-state index contributed by atoms with van der Waals surface area (Å²) in [6, 6.07) is 4.27. The summed E-state index contributed by atoms with van der Waals surface area (Å²) in [5, 5.41) is 13.5. The lowest BCUT2D eigenvalue weighted by Crippen LogP contribution is -2.30. The molecule has 0 aliphatic carbocycles. The van der Waals surface area contributed by atoms with Gasteiger partial charge in [0.25, 0.3) is 5.91 Å². The van der Waals surface area contributed by atoms with Crippen molar-refractivity contribution < 1.29 is 14.3 Å². The van der Waals surface area contributed by atoms with E-state index in [0.717, 1.165) is 55.9 Å². The Morgan fingerprint density at radius 3 is 2.82 bits per heavy atom. The lowest BCUT2D eigenvalue weighted by atomic mass is 10.1. The summed E-state index contributed by atoms with van der Waals surface area (Å²) in [5.74, 6) is 1.85. The first-order valence-corrected chi connectivity index (χ1v) is 12.0. The predicted octanol–water partition coefficient (Wildman–Crippen LogP) is 2.49. The Labute approximate surface area is 199 Å². The van der Waals surface area contributed by atoms with E-state index in [0.29, 0.717) is 48.7 Å². The van der Waals surface area contributed by atoms with E-state index in [9.17, 15) is 4.79 Å². The number of amides is 1. The van der Waals surface area contributed by atoms with Crippen LogP contribution in [0.1, 0.15) is 41.4 Å². The van der Waals surface area contributed by atoms with Gasteiger partial charge in [-0.3, -0.25) is 9.36 Å². The molecule has 0 bridgehead atoms. The van der Waals surface area contributed by atoms with Crippen LogP contribution < -0.4 is 26.0 Å². The Kier molecular flexibility index (Phi) is 7.95. The van der Waals surface area contributed by atoms with Crippen LogP contribution in [0.4, 0.5) is 11.8 Å². The van der Waals surface area contributed by atoms with E-state index in [1.54, 1.807) is 0 Å². The average molecular weight is 477 g/mol. The first kappa shape index (κ1) is 23.7. The molecule has 1 saturated heterocycles. The number of hydrogen-bond acceptors (Lipinski definition) is 7. The summed E-state index contributed by atoms with van der Waals surface area (Å²) in [4.78, 5) is 18.0. The Morgan fingerprint density at radius 2 is 2.06 bits per heavy atom. The van der Waals surface area contributed by atoms with Crippen molar-refractivity contribution >= 4 is 29.3 Å². The van der Waals surface area contributed by atoms with Crippen LogP contribution in [0, 0.1) is 0 Å². The van der Waals surface area contributed by atoms with Gasteiger partial charge in [-0.05, 0) is 44.0 Å². The number of rotatable bonds is 10. The van der Waals surface area contributed by atoms with Crippen LogP contribution in [0.3, 0.4) is 0 Å². The van der Waals surface area contributed by atoms with E-state index >= 15 is 0 Å². The second-order valence-electron chi connectivity index (χ2n) is 8.30. The van der Waals surface area contributed by atoms with Crippen molar-refractivity contribution in [3.05, 3.63) is 34.0 Å². The zero-order valence-corrected chi connectivity index (χ0v) is 20.1. The van der Waals surface area contributed by atoms with E-state index in [1.165, 1.54) is 0 Å². The number of ether oxygens (including phenoxy) is 2. The van der Waals surface area contributed by atoms with Gasteiger partial charge >= 0.3 is 0 Å². The van der Waals surface area contributed by atoms with E-state index in [4.69, 9.17) is 26.1 Å². The number of likely N-dealkylation sites (N-methyl/N-ethyl adjacent to an activating group) is 1. The monoisotopic (exact) mass is 476 g/mol. The number of carbonyl (C=O) groups is 1. The number of imidazole rings is 1. The van der Waals surface area contributed by atoms with Crippen LogP contribution >= 0.6 is 11.6 Å². The first-order chi connectivity index (χ1) is 16.1. The SMILES string of the molecule is CCNC(=O)c1c(NCCNC)nc(NC2CCOCC2)n1Cc1cc(Cl)c2c(c1)CCO2. The van der Waals surface area contributed by atoms with E-state index in [2.05, 4.69) is 27.3 Å². The normalized spacial score (nSPS) is 15.7. The molecule has 2 aliphatic rings. The molecule has 0 radical (unpaired) electrons. The number of hydrogen-bond donors (Lipinski definition) is 4. The Balaban J connectivity index is 1.71. The van der Waals surface area contributed by atoms with Crippen molar-refractivity contribution in [1.82, 2.24) is 20.2 Å². The van der Waals surface area contributed by atoms with Gasteiger partial charge in [0.2, 0.25) is 5.95 Å². The van der Waals surface area contributed by atoms with Crippen molar-refractivity contribution in [2.75, 3.05) is 57.1 Å². The van der Waals surface area contributed by atoms with Crippen LogP contribution in [0.25, 0.3) is 0 Å². The van der Waals surface area contributed by atoms with Gasteiger partial charge in [-0.25, -0.2) is 0 Å². The predicted molar refractivity (Wildman–Crippen MR) is 130 cm³/mol. The van der Waals surface area contributed by atoms with Gasteiger partial charge in [0.15, 0.2) is 11.5 Å². The maximum atomic E-state index is 13.1. The maximum absolute atomic E-state index is 13.1. The first-order valence-electron chi connectivity index (χ1n) is 11.7. The largest absolute Gasteiger partial charge is 0.491 e. The molecule has 0 spiro atoms. The number of halogens is 1. The summed E-state index contributed by atoms with van der Waals surface area (Å²) in [5.41, 5.74) is 2.61. The second kappa shape index (κ2) is 11.1. The zero-order valence-electron chi connectivity index (χ0n) is 19.3. The standard InChI is InChI=1S/C23H33ClN6O3/c1-3-26-22(31)19-21(27-8-7-25-2)29-23(28-17-5-9-32-10-6-17)30(19)14-15-12-16-4-11-33-20(16)18(24)13-15/h12-13,17,25,27H,3-11,14H2,1-2H3,(H,26,31)(H,28,29). The number of fused-ring (bicyclic) bond motifs is 1. The van der Waals surface area contributed by atoms with Crippen LogP contribution in [0.5, 0.6) is 5.75 Å². The van der Waals surface area contributed by atoms with E-state index < -0.39 is 0 Å². The molecule has 1 aromatic heterocycles. The summed E-state index contributed by atoms with van der Waals surface area (Å²) < 4.78 is 13.1. The van der Waals surface area contributed by atoms with Gasteiger partial charge in [0.05, 0.1) is 18.2 Å². The Hall–Kier alpha value is -2.49. The summed E-state index contributed by atoms with van der Waals surface area (Å²) in [7, 11) is 1.89. The third kappa shape index (κ3) is 5.54. The number of carbonyl (C=O) groups excluding carboxylic acids is 1. The van der Waals surface area contributed by atoms with Crippen molar-refractivity contribution in [2.45, 2.75) is 38.8 Å². The van der Waals surface area contributed by atoms with Crippen molar-refractivity contribution in [3.63, 3.8) is 0 Å². The molecule has 2 aliphatic heterocycles. The van der Waals surface area contributed by atoms with E-state index in [-0.39, 0.29) is 11.9 Å². The Morgan fingerprint density at radius 1 is 1.24 bits per heavy atom. The number of benzene rings is 1. The molecule has 33 heavy (non-hydrogen) atoms. The fourth-order valence-corrected chi connectivity index (χ4v) is 4.56. The summed E-state index contributed by atoms with van der Waals surface area (Å²) in [6.07, 6.45) is 2.63. The smallest absolute Gasteiger partial charge is 0.271 e. The Bertz CT molecular complexity index is 974. The topological polar surface area (TPSA) is 101 Å². The highest BCUT2D eigenvalue weighted by Gasteiger charge is 2.26. The molecule has 0 atom stereocenters. The van der Waals surface area contributed by atoms with Gasteiger partial charge in [-0.2, -0.15) is 4.98 Å². The number of nitrogens with one attached hydrogen (secondary N) is 4. The quantitative estimate of drug-likeness (QED) is 0.391. The molecule has 9 nitrogen and oxygen atoms in total. The van der Waals surface area contributed by atoms with Crippen LogP contribution in [0.15, 0.2) is 12.1 Å². The summed E-state index contributed by atoms with van der Waals surface area (Å²) in [6.45, 7) is 6.39. The number of aromatic nitrogens is 2. The molecule has 4 N–H and O–H groups in total. The molecule has 1 amide bonds. The highest BCUT2D eigenvalue weighted by atomic mass is 35.5. The molecule has 4 rings (SSSR count). The van der Waals surface area contributed by atoms with Gasteiger partial charge in [-0.1, -0.05) is 17.7 Å². The third-order valence-corrected chi connectivity index (χ3v) is 6.16. The minimum absolute atomic E-state index is 0.160. The highest BCUT2D eigenvalue weighted by Crippen LogP contribution is 2.35. The van der Waals surface area contributed by atoms with Gasteiger partial charge in [-0.15, -0.1) is 0 Å². The minimum Gasteiger partial charge on any atom is -0.491 e. The van der Waals surface area contributed by atoms with Crippen LogP contribution in [-0.2, 0) is 17.7 Å². The fraction of sp³-hybridized carbons (Fsp3) is 0.565. The molecule has 1 aromatic carbocycles. The second-order valence-corrected chi connectivity index (χ2v) is 8.71. The van der Waals surface area contributed by atoms with Crippen LogP contribution in [0.2, 0.25) is 5.02 Å². The molecule has 2 aromatic rings. The number of nitrogens with zero attached hydrogens (tertiary/aromatic N) is 2. The van der Waals surface area contributed by atoms with Crippen molar-refractivity contribution in [2.24, 2.45) is 0 Å². The maximum Gasteiger partial charge on any atom is 0.271 e. The molecular weight excluding hydrogens is 444 g/mol. The zero-order chi connectivity index (χ0) is 23.2. The lowest BCUT2D eigenvalue weighted by Gasteiger charge is -2.24. The summed E-state index contributed by atoms with van der Waals surface area (Å²) >= 11 is 6.50. The highest BCUT2D eigenvalue weighted by molar-refractivity contribution is 6.32. The van der Waals surface area contributed by atoms with Crippen molar-refractivity contribution in [1.29, 1.82) is 0 Å². The molecule has 0 unspecified atom stereocenters. The van der Waals surface area contributed by atoms with Gasteiger partial charge in [0, 0.05) is 45.3 Å². The van der Waals surface area contributed by atoms with E-state index in [1.807, 2.05) is 24.6 Å². The van der Waals surface area contributed by atoms with Crippen LogP contribution in [-0.4, -0.2) is 68.0 Å². The lowest BCUT2D eigenvalue weighted by molar-refractivity contribution is 0.0901. The molecule has 10 heteroatoms. The molecule has 0 saturated carbocycles. The fourth-order valence-electron chi connectivity index (χ4n) is 4.24. The third-order valence-electron chi connectivity index (χ3n) is 5.88. The molecule has 1 fully saturated rings. The molecule has 3 heterocycles. The number of anilines is 2. The van der Waals surface area contributed by atoms with Gasteiger partial charge in [0.1, 0.15) is 5.75 Å². The molecular formula is C23H33ClN6O3. The average Bonchev–Trinajstić information content (AvgIpc) is 3.40. The molecule has 180 valence electrons.